The number of rotatable bonds is 7. The number of oxazole rings is 1. The Labute approximate surface area is 157 Å². The number of benzene rings is 1. The molecule has 1 aromatic heterocycles. The highest BCUT2D eigenvalue weighted by Crippen LogP contribution is 2.38. The van der Waals surface area contributed by atoms with Crippen LogP contribution in [0.25, 0.3) is 16.7 Å². The topological polar surface area (TPSA) is 64.4 Å². The molecule has 0 fully saturated rings. The molecule has 9 heteroatoms. The summed E-state index contributed by atoms with van der Waals surface area (Å²) < 4.78 is 43.4. The van der Waals surface area contributed by atoms with Crippen molar-refractivity contribution in [2.24, 2.45) is 10.7 Å². The van der Waals surface area contributed by atoms with E-state index in [4.69, 9.17) is 10.2 Å². The van der Waals surface area contributed by atoms with Gasteiger partial charge in [-0.05, 0) is 47.5 Å². The molecule has 0 saturated heterocycles. The number of allylic oxidation sites excluding steroid dienone is 1. The summed E-state index contributed by atoms with van der Waals surface area (Å²) in [5, 5.41) is 0. The van der Waals surface area contributed by atoms with Crippen LogP contribution >= 0.6 is 23.5 Å². The predicted molar refractivity (Wildman–Crippen MR) is 103 cm³/mol. The second-order valence-corrected chi connectivity index (χ2v) is 7.76. The second kappa shape index (κ2) is 8.68. The molecular weight excluding hydrogens is 383 g/mol. The Kier molecular flexibility index (Phi) is 6.82. The van der Waals surface area contributed by atoms with E-state index in [1.165, 1.54) is 24.4 Å². The fourth-order valence-corrected chi connectivity index (χ4v) is 3.57. The van der Waals surface area contributed by atoms with Crippen LogP contribution in [0.1, 0.15) is 26.2 Å². The summed E-state index contributed by atoms with van der Waals surface area (Å²) in [4.78, 5) is 9.35. The van der Waals surface area contributed by atoms with Gasteiger partial charge in [0.1, 0.15) is 11.4 Å². The van der Waals surface area contributed by atoms with Crippen LogP contribution in [0.3, 0.4) is 0 Å². The van der Waals surface area contributed by atoms with Crippen LogP contribution in [0.5, 0.6) is 0 Å². The lowest BCUT2D eigenvalue weighted by Gasteiger charge is -2.07. The van der Waals surface area contributed by atoms with Crippen LogP contribution in [0.15, 0.2) is 50.2 Å². The third-order valence-corrected chi connectivity index (χ3v) is 4.94. The summed E-state index contributed by atoms with van der Waals surface area (Å²) in [6.07, 6.45) is 1.66. The number of fused-ring (bicyclic) bond motifs is 1. The van der Waals surface area contributed by atoms with E-state index in [9.17, 15) is 13.2 Å². The minimum atomic E-state index is -4.35. The molecule has 140 valence electrons. The van der Waals surface area contributed by atoms with Gasteiger partial charge in [-0.1, -0.05) is 13.5 Å². The van der Waals surface area contributed by atoms with Gasteiger partial charge in [-0.15, -0.1) is 11.8 Å². The summed E-state index contributed by atoms with van der Waals surface area (Å²) >= 11 is 1.42. The molecule has 0 bridgehead atoms. The summed E-state index contributed by atoms with van der Waals surface area (Å²) in [5.74, 6) is 1.52. The molecule has 1 aromatic carbocycles. The average molecular weight is 401 g/mol. The highest BCUT2D eigenvalue weighted by molar-refractivity contribution is 8.03. The van der Waals surface area contributed by atoms with Gasteiger partial charge in [0, 0.05) is 23.1 Å². The molecule has 0 aliphatic rings. The SMILES string of the molecule is C=C/N=C(/N)C/C(=C(\C)SCC)c1nc2cc(SC(F)(F)F)ccc2o1. The fraction of sp³-hybridized carbons (Fsp3) is 0.294. The molecule has 0 aliphatic carbocycles. The van der Waals surface area contributed by atoms with E-state index >= 15 is 0 Å². The van der Waals surface area contributed by atoms with Crippen LogP contribution in [0, 0.1) is 0 Å². The molecule has 0 radical (unpaired) electrons. The van der Waals surface area contributed by atoms with E-state index in [0.29, 0.717) is 29.2 Å². The molecule has 0 unspecified atom stereocenters. The number of aromatic nitrogens is 1. The number of hydrogen-bond acceptors (Lipinski definition) is 5. The zero-order valence-corrected chi connectivity index (χ0v) is 15.9. The van der Waals surface area contributed by atoms with Gasteiger partial charge in [0.05, 0.1) is 0 Å². The van der Waals surface area contributed by atoms with Crippen molar-refractivity contribution in [2.75, 3.05) is 5.75 Å². The molecule has 0 atom stereocenters. The Bertz CT molecular complexity index is 857. The van der Waals surface area contributed by atoms with Gasteiger partial charge in [-0.2, -0.15) is 13.2 Å². The first kappa shape index (κ1) is 20.4. The van der Waals surface area contributed by atoms with Gasteiger partial charge in [0.15, 0.2) is 5.58 Å². The smallest absolute Gasteiger partial charge is 0.436 e. The van der Waals surface area contributed by atoms with Crippen molar-refractivity contribution in [1.82, 2.24) is 4.98 Å². The number of alkyl halides is 3. The minimum Gasteiger partial charge on any atom is -0.436 e. The summed E-state index contributed by atoms with van der Waals surface area (Å²) in [6.45, 7) is 7.45. The van der Waals surface area contributed by atoms with Gasteiger partial charge < -0.3 is 10.2 Å². The Morgan fingerprint density at radius 2 is 2.15 bits per heavy atom. The maximum atomic E-state index is 12.6. The standard InChI is InChI=1S/C17H18F3N3OS2/c1-4-22-15(21)9-12(10(3)25-5-2)16-23-13-8-11(26-17(18,19)20)6-7-14(13)24-16/h4,6-8H,1,5,9H2,2-3H3,(H2,21,22)/b12-10-. The van der Waals surface area contributed by atoms with Crippen molar-refractivity contribution in [3.05, 3.63) is 41.8 Å². The molecule has 0 saturated carbocycles. The molecule has 26 heavy (non-hydrogen) atoms. The van der Waals surface area contributed by atoms with Crippen molar-refractivity contribution >= 4 is 46.0 Å². The van der Waals surface area contributed by atoms with Gasteiger partial charge in [0.25, 0.3) is 0 Å². The summed E-state index contributed by atoms with van der Waals surface area (Å²) in [5.41, 5.74) is 3.06. The first-order valence-corrected chi connectivity index (χ1v) is 9.46. The number of hydrogen-bond donors (Lipinski definition) is 1. The summed E-state index contributed by atoms with van der Waals surface area (Å²) in [6, 6.07) is 4.21. The van der Waals surface area contributed by atoms with Crippen molar-refractivity contribution < 1.29 is 17.6 Å². The zero-order chi connectivity index (χ0) is 19.3. The maximum Gasteiger partial charge on any atom is 0.446 e. The average Bonchev–Trinajstić information content (AvgIpc) is 2.94. The van der Waals surface area contributed by atoms with Crippen LogP contribution in [-0.4, -0.2) is 22.1 Å². The zero-order valence-electron chi connectivity index (χ0n) is 14.3. The van der Waals surface area contributed by atoms with E-state index in [-0.39, 0.29) is 16.7 Å². The van der Waals surface area contributed by atoms with Gasteiger partial charge >= 0.3 is 5.51 Å². The lowest BCUT2D eigenvalue weighted by Crippen LogP contribution is -2.12. The molecule has 4 nitrogen and oxygen atoms in total. The van der Waals surface area contributed by atoms with Crippen molar-refractivity contribution in [3.8, 4) is 0 Å². The molecular formula is C17H18F3N3OS2. The molecule has 2 N–H and O–H groups in total. The Morgan fingerprint density at radius 3 is 2.77 bits per heavy atom. The lowest BCUT2D eigenvalue weighted by molar-refractivity contribution is -0.0328. The monoisotopic (exact) mass is 401 g/mol. The third-order valence-electron chi connectivity index (χ3n) is 3.25. The lowest BCUT2D eigenvalue weighted by atomic mass is 10.1. The van der Waals surface area contributed by atoms with E-state index < -0.39 is 5.51 Å². The second-order valence-electron chi connectivity index (χ2n) is 5.14. The van der Waals surface area contributed by atoms with E-state index in [1.807, 2.05) is 13.8 Å². The first-order chi connectivity index (χ1) is 12.2. The van der Waals surface area contributed by atoms with E-state index in [2.05, 4.69) is 16.6 Å². The van der Waals surface area contributed by atoms with Crippen LogP contribution in [0.2, 0.25) is 0 Å². The fourth-order valence-electron chi connectivity index (χ4n) is 2.23. The van der Waals surface area contributed by atoms with Crippen molar-refractivity contribution in [2.45, 2.75) is 30.7 Å². The highest BCUT2D eigenvalue weighted by Gasteiger charge is 2.29. The number of thioether (sulfide) groups is 2. The van der Waals surface area contributed by atoms with Crippen molar-refractivity contribution in [1.29, 1.82) is 0 Å². The van der Waals surface area contributed by atoms with Gasteiger partial charge in [-0.25, -0.2) is 9.98 Å². The number of halogens is 3. The third kappa shape index (κ3) is 5.57. The van der Waals surface area contributed by atoms with E-state index in [0.717, 1.165) is 16.2 Å². The highest BCUT2D eigenvalue weighted by atomic mass is 32.2. The van der Waals surface area contributed by atoms with Gasteiger partial charge in [0.2, 0.25) is 5.89 Å². The molecule has 0 amide bonds. The van der Waals surface area contributed by atoms with Gasteiger partial charge in [-0.3, -0.25) is 0 Å². The number of aliphatic imine (C=N–C) groups is 1. The minimum absolute atomic E-state index is 0.0581. The largest absolute Gasteiger partial charge is 0.446 e. The first-order valence-electron chi connectivity index (χ1n) is 7.65. The molecule has 2 rings (SSSR count). The van der Waals surface area contributed by atoms with Crippen molar-refractivity contribution in [3.63, 3.8) is 0 Å². The Hall–Kier alpha value is -1.87. The van der Waals surface area contributed by atoms with Crippen LogP contribution < -0.4 is 5.73 Å². The predicted octanol–water partition coefficient (Wildman–Crippen LogP) is 5.81. The normalized spacial score (nSPS) is 13.8. The molecule has 1 heterocycles. The Morgan fingerprint density at radius 1 is 1.42 bits per heavy atom. The molecule has 0 aliphatic heterocycles. The van der Waals surface area contributed by atoms with Crippen LogP contribution in [0.4, 0.5) is 13.2 Å². The number of nitrogens with zero attached hydrogens (tertiary/aromatic N) is 2. The summed E-state index contributed by atoms with van der Waals surface area (Å²) in [7, 11) is 0. The maximum absolute atomic E-state index is 12.6. The van der Waals surface area contributed by atoms with E-state index in [1.54, 1.807) is 11.8 Å². The Balaban J connectivity index is 2.44. The number of nitrogens with two attached hydrogens (primary N) is 1. The molecule has 2 aromatic rings. The quantitative estimate of drug-likeness (QED) is 0.360. The van der Waals surface area contributed by atoms with Crippen LogP contribution in [-0.2, 0) is 0 Å². The number of amidine groups is 1. The molecule has 0 spiro atoms.